The molecule has 1 amide bonds. The fourth-order valence-electron chi connectivity index (χ4n) is 2.12. The summed E-state index contributed by atoms with van der Waals surface area (Å²) in [5.74, 6) is 0. The number of ether oxygens (including phenoxy) is 1. The third kappa shape index (κ3) is 4.79. The Hall–Kier alpha value is -1.89. The molecule has 0 bridgehead atoms. The Kier molecular flexibility index (Phi) is 5.09. The van der Waals surface area contributed by atoms with Crippen molar-refractivity contribution in [1.29, 1.82) is 0 Å². The first-order valence-electron chi connectivity index (χ1n) is 7.31. The molecule has 0 fully saturated rings. The standard InChI is InChI=1S/C16H20BrN3O3/c1-9-14(21)20-12-8-11(17)7-10(13(12)19-9)5-6-18-15(22)23-16(2,3)4/h7-8H,5-6H2,1-4H3,(H,18,22)(H,20,21). The van der Waals surface area contributed by atoms with Crippen LogP contribution in [0.15, 0.2) is 21.4 Å². The normalized spacial score (nSPS) is 11.5. The van der Waals surface area contributed by atoms with Gasteiger partial charge >= 0.3 is 6.09 Å². The van der Waals surface area contributed by atoms with E-state index >= 15 is 0 Å². The number of alkyl carbamates (subject to hydrolysis) is 1. The van der Waals surface area contributed by atoms with Crippen molar-refractivity contribution < 1.29 is 9.53 Å². The number of aromatic nitrogens is 2. The lowest BCUT2D eigenvalue weighted by Gasteiger charge is -2.19. The van der Waals surface area contributed by atoms with Gasteiger partial charge in [0.25, 0.3) is 5.56 Å². The second-order valence-corrected chi connectivity index (χ2v) is 7.21. The van der Waals surface area contributed by atoms with Crippen molar-refractivity contribution >= 4 is 33.1 Å². The molecule has 1 heterocycles. The van der Waals surface area contributed by atoms with Crippen molar-refractivity contribution in [2.24, 2.45) is 0 Å². The van der Waals surface area contributed by atoms with Crippen LogP contribution in [0.25, 0.3) is 11.0 Å². The van der Waals surface area contributed by atoms with E-state index in [9.17, 15) is 9.59 Å². The van der Waals surface area contributed by atoms with Crippen molar-refractivity contribution in [3.63, 3.8) is 0 Å². The third-order valence-electron chi connectivity index (χ3n) is 3.07. The van der Waals surface area contributed by atoms with E-state index in [2.05, 4.69) is 31.2 Å². The van der Waals surface area contributed by atoms with E-state index in [1.165, 1.54) is 0 Å². The Bertz CT molecular complexity index is 793. The van der Waals surface area contributed by atoms with Gasteiger partial charge in [0.2, 0.25) is 0 Å². The van der Waals surface area contributed by atoms with Gasteiger partial charge in [0.1, 0.15) is 11.3 Å². The van der Waals surface area contributed by atoms with Crippen LogP contribution in [0.5, 0.6) is 0 Å². The number of benzene rings is 1. The Balaban J connectivity index is 2.15. The molecular formula is C16H20BrN3O3. The smallest absolute Gasteiger partial charge is 0.407 e. The number of nitrogens with one attached hydrogen (secondary N) is 2. The van der Waals surface area contributed by atoms with Crippen molar-refractivity contribution in [3.8, 4) is 0 Å². The van der Waals surface area contributed by atoms with Crippen molar-refractivity contribution in [3.05, 3.63) is 38.2 Å². The van der Waals surface area contributed by atoms with Crippen LogP contribution in [0, 0.1) is 6.92 Å². The predicted octanol–water partition coefficient (Wildman–Crippen LogP) is 3.06. The van der Waals surface area contributed by atoms with Gasteiger partial charge in [-0.2, -0.15) is 0 Å². The molecule has 1 aromatic carbocycles. The van der Waals surface area contributed by atoms with E-state index in [1.54, 1.807) is 6.92 Å². The van der Waals surface area contributed by atoms with Gasteiger partial charge < -0.3 is 15.0 Å². The van der Waals surface area contributed by atoms with E-state index < -0.39 is 11.7 Å². The van der Waals surface area contributed by atoms with Gasteiger partial charge in [-0.1, -0.05) is 15.9 Å². The van der Waals surface area contributed by atoms with Gasteiger partial charge in [0.15, 0.2) is 0 Å². The highest BCUT2D eigenvalue weighted by molar-refractivity contribution is 9.10. The van der Waals surface area contributed by atoms with Crippen LogP contribution in [-0.2, 0) is 11.2 Å². The van der Waals surface area contributed by atoms with Crippen LogP contribution < -0.4 is 10.9 Å². The number of aryl methyl sites for hydroxylation is 1. The summed E-state index contributed by atoms with van der Waals surface area (Å²) in [7, 11) is 0. The van der Waals surface area contributed by atoms with Gasteiger partial charge in [-0.3, -0.25) is 4.79 Å². The summed E-state index contributed by atoms with van der Waals surface area (Å²) in [4.78, 5) is 30.5. The Morgan fingerprint density at radius 1 is 1.39 bits per heavy atom. The SMILES string of the molecule is Cc1nc2c(CCNC(=O)OC(C)(C)C)cc(Br)cc2[nH]c1=O. The second-order valence-electron chi connectivity index (χ2n) is 6.29. The quantitative estimate of drug-likeness (QED) is 0.855. The molecule has 0 aliphatic carbocycles. The molecule has 0 spiro atoms. The summed E-state index contributed by atoms with van der Waals surface area (Å²) >= 11 is 3.43. The Morgan fingerprint density at radius 2 is 2.09 bits per heavy atom. The lowest BCUT2D eigenvalue weighted by atomic mass is 10.1. The second kappa shape index (κ2) is 6.70. The third-order valence-corrected chi connectivity index (χ3v) is 3.53. The molecule has 0 aliphatic heterocycles. The van der Waals surface area contributed by atoms with E-state index in [1.807, 2.05) is 32.9 Å². The molecule has 0 saturated carbocycles. The van der Waals surface area contributed by atoms with Crippen LogP contribution >= 0.6 is 15.9 Å². The van der Waals surface area contributed by atoms with Gasteiger partial charge in [-0.25, -0.2) is 9.78 Å². The lowest BCUT2D eigenvalue weighted by Crippen LogP contribution is -2.33. The number of halogens is 1. The monoisotopic (exact) mass is 381 g/mol. The molecule has 0 atom stereocenters. The summed E-state index contributed by atoms with van der Waals surface area (Å²) in [5, 5.41) is 2.72. The largest absolute Gasteiger partial charge is 0.444 e. The fourth-order valence-corrected chi connectivity index (χ4v) is 2.62. The molecule has 124 valence electrons. The molecule has 7 heteroatoms. The fraction of sp³-hybridized carbons (Fsp3) is 0.438. The number of H-pyrrole nitrogens is 1. The molecule has 0 radical (unpaired) electrons. The first-order valence-corrected chi connectivity index (χ1v) is 8.11. The number of hydrogen-bond acceptors (Lipinski definition) is 4. The predicted molar refractivity (Wildman–Crippen MR) is 92.7 cm³/mol. The number of nitrogens with zero attached hydrogens (tertiary/aromatic N) is 1. The van der Waals surface area contributed by atoms with Crippen LogP contribution in [0.1, 0.15) is 32.0 Å². The summed E-state index contributed by atoms with van der Waals surface area (Å²) in [6.45, 7) is 7.54. The first-order chi connectivity index (χ1) is 10.7. The number of aromatic amines is 1. The summed E-state index contributed by atoms with van der Waals surface area (Å²) in [6, 6.07) is 3.75. The number of carbonyl (C=O) groups excluding carboxylic acids is 1. The first kappa shape index (κ1) is 17.5. The molecule has 2 N–H and O–H groups in total. The topological polar surface area (TPSA) is 84.1 Å². The van der Waals surface area contributed by atoms with Crippen molar-refractivity contribution in [1.82, 2.24) is 15.3 Å². The van der Waals surface area contributed by atoms with Gasteiger partial charge in [-0.05, 0) is 51.8 Å². The highest BCUT2D eigenvalue weighted by atomic mass is 79.9. The molecule has 0 aliphatic rings. The van der Waals surface area contributed by atoms with E-state index in [4.69, 9.17) is 4.74 Å². The number of carbonyl (C=O) groups is 1. The van der Waals surface area contributed by atoms with Crippen LogP contribution in [0.3, 0.4) is 0 Å². The van der Waals surface area contributed by atoms with Crippen LogP contribution in [0.4, 0.5) is 4.79 Å². The van der Waals surface area contributed by atoms with Gasteiger partial charge in [0, 0.05) is 11.0 Å². The lowest BCUT2D eigenvalue weighted by molar-refractivity contribution is 0.0528. The molecule has 0 unspecified atom stereocenters. The number of hydrogen-bond donors (Lipinski definition) is 2. The summed E-state index contributed by atoms with van der Waals surface area (Å²) in [6.07, 6.45) is 0.127. The zero-order valence-corrected chi connectivity index (χ0v) is 15.2. The number of rotatable bonds is 3. The molecule has 1 aromatic heterocycles. The van der Waals surface area contributed by atoms with Gasteiger partial charge in [-0.15, -0.1) is 0 Å². The van der Waals surface area contributed by atoms with Crippen molar-refractivity contribution in [2.75, 3.05) is 6.54 Å². The number of fused-ring (bicyclic) bond motifs is 1. The Morgan fingerprint density at radius 3 is 2.74 bits per heavy atom. The average Bonchev–Trinajstić information content (AvgIpc) is 2.38. The molecule has 23 heavy (non-hydrogen) atoms. The van der Waals surface area contributed by atoms with E-state index in [0.717, 1.165) is 15.6 Å². The maximum Gasteiger partial charge on any atom is 0.407 e. The van der Waals surface area contributed by atoms with Crippen LogP contribution in [-0.4, -0.2) is 28.2 Å². The zero-order valence-electron chi connectivity index (χ0n) is 13.6. The molecular weight excluding hydrogens is 362 g/mol. The Labute approximate surface area is 142 Å². The summed E-state index contributed by atoms with van der Waals surface area (Å²) < 4.78 is 6.05. The zero-order chi connectivity index (χ0) is 17.2. The molecule has 0 saturated heterocycles. The highest BCUT2D eigenvalue weighted by Gasteiger charge is 2.16. The van der Waals surface area contributed by atoms with Gasteiger partial charge in [0.05, 0.1) is 11.0 Å². The minimum atomic E-state index is -0.523. The van der Waals surface area contributed by atoms with Crippen LogP contribution in [0.2, 0.25) is 0 Å². The molecule has 6 nitrogen and oxygen atoms in total. The van der Waals surface area contributed by atoms with E-state index in [0.29, 0.717) is 24.2 Å². The maximum atomic E-state index is 11.7. The molecule has 2 aromatic rings. The summed E-state index contributed by atoms with van der Waals surface area (Å²) in [5.41, 5.74) is 2.03. The maximum absolute atomic E-state index is 11.7. The minimum Gasteiger partial charge on any atom is -0.444 e. The molecule has 2 rings (SSSR count). The van der Waals surface area contributed by atoms with E-state index in [-0.39, 0.29) is 5.56 Å². The highest BCUT2D eigenvalue weighted by Crippen LogP contribution is 2.21. The number of amides is 1. The average molecular weight is 382 g/mol. The van der Waals surface area contributed by atoms with Crippen molar-refractivity contribution in [2.45, 2.75) is 39.7 Å². The minimum absolute atomic E-state index is 0.201.